The lowest BCUT2D eigenvalue weighted by Crippen LogP contribution is -1.97. The highest BCUT2D eigenvalue weighted by molar-refractivity contribution is 5.60. The van der Waals surface area contributed by atoms with E-state index in [-0.39, 0.29) is 0 Å². The third-order valence-corrected chi connectivity index (χ3v) is 0.403. The van der Waals surface area contributed by atoms with Gasteiger partial charge in [-0.2, -0.15) is 0 Å². The highest BCUT2D eigenvalue weighted by Gasteiger charge is 1.93. The Labute approximate surface area is 47.6 Å². The average molecular weight is 114 g/mol. The molecular weight excluding hydrogens is 108 g/mol. The molecule has 0 heterocycles. The molecule has 0 bridgehead atoms. The van der Waals surface area contributed by atoms with Crippen LogP contribution in [0.2, 0.25) is 0 Å². The second kappa shape index (κ2) is 4.00. The zero-order valence-corrected chi connectivity index (χ0v) is 4.72. The first-order valence-electron chi connectivity index (χ1n) is 1.97. The van der Waals surface area contributed by atoms with Crippen molar-refractivity contribution in [2.45, 2.75) is 6.92 Å². The van der Waals surface area contributed by atoms with Crippen molar-refractivity contribution in [2.24, 2.45) is 0 Å². The molecule has 44 valence electrons. The molecular formula is C5H6O3. The Bertz CT molecular complexity index is 128. The molecule has 0 aromatic rings. The number of rotatable bonds is 0. The van der Waals surface area contributed by atoms with Crippen LogP contribution in [-0.2, 0) is 9.47 Å². The summed E-state index contributed by atoms with van der Waals surface area (Å²) in [5, 5.41) is 0. The van der Waals surface area contributed by atoms with Gasteiger partial charge in [-0.05, 0) is 0 Å². The molecule has 3 nitrogen and oxygen atoms in total. The van der Waals surface area contributed by atoms with Crippen LogP contribution in [0.25, 0.3) is 0 Å². The van der Waals surface area contributed by atoms with Crippen molar-refractivity contribution in [3.05, 3.63) is 0 Å². The summed E-state index contributed by atoms with van der Waals surface area (Å²) in [7, 11) is 1.22. The Morgan fingerprint density at radius 1 is 1.62 bits per heavy atom. The molecule has 0 saturated heterocycles. The van der Waals surface area contributed by atoms with Gasteiger partial charge in [-0.3, -0.25) is 0 Å². The molecule has 0 aliphatic rings. The van der Waals surface area contributed by atoms with Crippen molar-refractivity contribution in [2.75, 3.05) is 7.11 Å². The Morgan fingerprint density at radius 3 is 2.62 bits per heavy atom. The van der Waals surface area contributed by atoms with Gasteiger partial charge in [0, 0.05) is 6.92 Å². The van der Waals surface area contributed by atoms with E-state index in [1.807, 2.05) is 0 Å². The summed E-state index contributed by atoms with van der Waals surface area (Å²) < 4.78 is 8.21. The van der Waals surface area contributed by atoms with Crippen molar-refractivity contribution >= 4 is 6.16 Å². The van der Waals surface area contributed by atoms with Crippen LogP contribution in [0.1, 0.15) is 6.92 Å². The standard InChI is InChI=1S/C5H6O3/c1-3-4-8-5(6)7-2/h1-2H3. The summed E-state index contributed by atoms with van der Waals surface area (Å²) >= 11 is 0. The molecule has 0 amide bonds. The molecule has 0 unspecified atom stereocenters. The number of carbonyl (C=O) groups excluding carboxylic acids is 1. The van der Waals surface area contributed by atoms with Crippen molar-refractivity contribution in [3.8, 4) is 12.0 Å². The van der Waals surface area contributed by atoms with Crippen LogP contribution in [-0.4, -0.2) is 13.3 Å². The Kier molecular flexibility index (Phi) is 3.42. The molecule has 0 aromatic carbocycles. The van der Waals surface area contributed by atoms with Crippen LogP contribution in [0.4, 0.5) is 4.79 Å². The van der Waals surface area contributed by atoms with Crippen molar-refractivity contribution < 1.29 is 14.3 Å². The fourth-order valence-electron chi connectivity index (χ4n) is 0.134. The summed E-state index contributed by atoms with van der Waals surface area (Å²) in [6.45, 7) is 1.56. The molecule has 3 heteroatoms. The number of hydrogen-bond donors (Lipinski definition) is 0. The number of ether oxygens (including phenoxy) is 2. The first-order chi connectivity index (χ1) is 3.81. The van der Waals surface area contributed by atoms with Crippen molar-refractivity contribution in [3.63, 3.8) is 0 Å². The summed E-state index contributed by atoms with van der Waals surface area (Å²) in [5.41, 5.74) is 0. The maximum atomic E-state index is 10.0. The number of carbonyl (C=O) groups is 1. The van der Waals surface area contributed by atoms with E-state index in [4.69, 9.17) is 0 Å². The molecule has 0 aromatic heterocycles. The minimum absolute atomic E-state index is 0.778. The van der Waals surface area contributed by atoms with Gasteiger partial charge >= 0.3 is 6.16 Å². The second-order valence-corrected chi connectivity index (χ2v) is 0.908. The van der Waals surface area contributed by atoms with Gasteiger partial charge < -0.3 is 9.47 Å². The quantitative estimate of drug-likeness (QED) is 0.344. The van der Waals surface area contributed by atoms with E-state index < -0.39 is 6.16 Å². The van der Waals surface area contributed by atoms with Gasteiger partial charge in [0.05, 0.1) is 7.11 Å². The molecule has 0 atom stereocenters. The Hall–Kier alpha value is -1.17. The largest absolute Gasteiger partial charge is 0.522 e. The molecule has 0 aliphatic heterocycles. The third-order valence-electron chi connectivity index (χ3n) is 0.403. The molecule has 0 aliphatic carbocycles. The second-order valence-electron chi connectivity index (χ2n) is 0.908. The van der Waals surface area contributed by atoms with Crippen LogP contribution >= 0.6 is 0 Å². The van der Waals surface area contributed by atoms with Gasteiger partial charge in [0.2, 0.25) is 0 Å². The van der Waals surface area contributed by atoms with Gasteiger partial charge in [-0.1, -0.05) is 5.92 Å². The topological polar surface area (TPSA) is 35.5 Å². The maximum absolute atomic E-state index is 10.0. The van der Waals surface area contributed by atoms with E-state index in [2.05, 4.69) is 21.5 Å². The van der Waals surface area contributed by atoms with E-state index in [1.165, 1.54) is 7.11 Å². The van der Waals surface area contributed by atoms with E-state index in [0.29, 0.717) is 0 Å². The summed E-state index contributed by atoms with van der Waals surface area (Å²) in [6, 6.07) is 0. The smallest absolute Gasteiger partial charge is 0.437 e. The van der Waals surface area contributed by atoms with Gasteiger partial charge in [0.15, 0.2) is 0 Å². The molecule has 0 spiro atoms. The SMILES string of the molecule is CC#COC(=O)OC. The van der Waals surface area contributed by atoms with E-state index in [1.54, 1.807) is 6.92 Å². The van der Waals surface area contributed by atoms with Crippen LogP contribution in [0.3, 0.4) is 0 Å². The molecule has 0 saturated carbocycles. The van der Waals surface area contributed by atoms with Crippen LogP contribution in [0, 0.1) is 12.0 Å². The minimum atomic E-state index is -0.778. The van der Waals surface area contributed by atoms with Gasteiger partial charge in [-0.25, -0.2) is 4.79 Å². The highest BCUT2D eigenvalue weighted by atomic mass is 16.7. The maximum Gasteiger partial charge on any atom is 0.522 e. The lowest BCUT2D eigenvalue weighted by molar-refractivity contribution is 0.112. The fraction of sp³-hybridized carbons (Fsp3) is 0.400. The molecule has 8 heavy (non-hydrogen) atoms. The first-order valence-corrected chi connectivity index (χ1v) is 1.97. The first kappa shape index (κ1) is 6.83. The van der Waals surface area contributed by atoms with E-state index >= 15 is 0 Å². The molecule has 0 rings (SSSR count). The zero-order chi connectivity index (χ0) is 6.41. The summed E-state index contributed by atoms with van der Waals surface area (Å²) in [5.74, 6) is 2.36. The molecule has 0 fully saturated rings. The predicted octanol–water partition coefficient (Wildman–Crippen LogP) is 0.750. The fourth-order valence-corrected chi connectivity index (χ4v) is 0.134. The summed E-state index contributed by atoms with van der Waals surface area (Å²) in [6.07, 6.45) is 1.30. The lowest BCUT2D eigenvalue weighted by atomic mass is 10.8. The van der Waals surface area contributed by atoms with Crippen molar-refractivity contribution in [1.29, 1.82) is 0 Å². The summed E-state index contributed by atoms with van der Waals surface area (Å²) in [4.78, 5) is 10.0. The minimum Gasteiger partial charge on any atom is -0.437 e. The molecule has 0 N–H and O–H groups in total. The van der Waals surface area contributed by atoms with E-state index in [0.717, 1.165) is 0 Å². The zero-order valence-electron chi connectivity index (χ0n) is 4.72. The van der Waals surface area contributed by atoms with Gasteiger partial charge in [0.1, 0.15) is 6.11 Å². The highest BCUT2D eigenvalue weighted by Crippen LogP contribution is 1.76. The molecule has 0 radical (unpaired) electrons. The van der Waals surface area contributed by atoms with Crippen LogP contribution in [0.15, 0.2) is 0 Å². The lowest BCUT2D eigenvalue weighted by Gasteiger charge is -1.88. The third kappa shape index (κ3) is 3.04. The van der Waals surface area contributed by atoms with Crippen LogP contribution < -0.4 is 0 Å². The predicted molar refractivity (Wildman–Crippen MR) is 26.9 cm³/mol. The normalized spacial score (nSPS) is 6.25. The number of methoxy groups -OCH3 is 1. The monoisotopic (exact) mass is 114 g/mol. The Morgan fingerprint density at radius 2 is 2.25 bits per heavy atom. The van der Waals surface area contributed by atoms with Crippen LogP contribution in [0.5, 0.6) is 0 Å². The van der Waals surface area contributed by atoms with Crippen molar-refractivity contribution in [1.82, 2.24) is 0 Å². The van der Waals surface area contributed by atoms with E-state index in [9.17, 15) is 4.79 Å². The van der Waals surface area contributed by atoms with Gasteiger partial charge in [0.25, 0.3) is 0 Å². The van der Waals surface area contributed by atoms with Gasteiger partial charge in [-0.15, -0.1) is 0 Å². The average Bonchev–Trinajstić information content (AvgIpc) is 1.83. The number of hydrogen-bond acceptors (Lipinski definition) is 3. The Balaban J connectivity index is 3.35.